The molecule has 0 atom stereocenters. The van der Waals surface area contributed by atoms with Crippen LogP contribution in [0.4, 0.5) is 11.4 Å². The van der Waals surface area contributed by atoms with Crippen molar-refractivity contribution in [1.82, 2.24) is 9.78 Å². The summed E-state index contributed by atoms with van der Waals surface area (Å²) in [7, 11) is 0. The Hall–Kier alpha value is -4.46. The molecule has 4 aromatic rings. The molecule has 8 heteroatoms. The van der Waals surface area contributed by atoms with Crippen molar-refractivity contribution in [3.8, 4) is 22.6 Å². The molecule has 0 aliphatic rings. The molecule has 0 aliphatic carbocycles. The number of carboxylic acids is 1. The highest BCUT2D eigenvalue weighted by molar-refractivity contribution is 5.91. The van der Waals surface area contributed by atoms with E-state index in [0.717, 1.165) is 22.4 Å². The number of aromatic hydroxyl groups is 1. The second-order valence-electron chi connectivity index (χ2n) is 7.78. The van der Waals surface area contributed by atoms with Gasteiger partial charge in [-0.2, -0.15) is 5.11 Å². The molecule has 0 spiro atoms. The van der Waals surface area contributed by atoms with Crippen LogP contribution in [0.5, 0.6) is 5.75 Å². The van der Waals surface area contributed by atoms with Crippen molar-refractivity contribution in [3.05, 3.63) is 93.4 Å². The number of rotatable bonds is 5. The molecular formula is C25H22N4O4. The zero-order valence-corrected chi connectivity index (χ0v) is 18.3. The van der Waals surface area contributed by atoms with Gasteiger partial charge in [-0.25, -0.2) is 9.48 Å². The van der Waals surface area contributed by atoms with Crippen LogP contribution in [-0.2, 0) is 0 Å². The fraction of sp³-hybridized carbons (Fsp3) is 0.120. The number of hydrogen-bond donors (Lipinski definition) is 3. The van der Waals surface area contributed by atoms with Gasteiger partial charge in [0.25, 0.3) is 5.56 Å². The van der Waals surface area contributed by atoms with Crippen molar-refractivity contribution in [2.75, 3.05) is 0 Å². The summed E-state index contributed by atoms with van der Waals surface area (Å²) in [6, 6.07) is 17.2. The Kier molecular flexibility index (Phi) is 5.66. The molecule has 0 unspecified atom stereocenters. The highest BCUT2D eigenvalue weighted by Gasteiger charge is 2.13. The van der Waals surface area contributed by atoms with Gasteiger partial charge >= 0.3 is 5.97 Å². The molecule has 3 aromatic carbocycles. The first-order valence-corrected chi connectivity index (χ1v) is 10.2. The maximum absolute atomic E-state index is 12.9. The Labute approximate surface area is 189 Å². The third-order valence-electron chi connectivity index (χ3n) is 5.48. The molecule has 0 amide bonds. The first-order valence-electron chi connectivity index (χ1n) is 10.2. The number of carbonyl (C=O) groups is 1. The van der Waals surface area contributed by atoms with Crippen molar-refractivity contribution in [3.63, 3.8) is 0 Å². The number of aromatic carboxylic acids is 1. The lowest BCUT2D eigenvalue weighted by molar-refractivity contribution is 0.0694. The standard InChI is InChI=1S/C25H22N4O4/c1-14-4-10-20(12-15(14)2)29-24(31)23(16(3)28-29)27-26-19-8-5-17(6-9-19)18-7-11-21(25(32)33)22(30)13-18/h4-13,28,30H,1-3H3,(H,32,33). The van der Waals surface area contributed by atoms with E-state index >= 15 is 0 Å². The van der Waals surface area contributed by atoms with Crippen LogP contribution in [0.2, 0.25) is 0 Å². The van der Waals surface area contributed by atoms with E-state index in [1.54, 1.807) is 37.3 Å². The molecule has 33 heavy (non-hydrogen) atoms. The summed E-state index contributed by atoms with van der Waals surface area (Å²) < 4.78 is 1.45. The first-order chi connectivity index (χ1) is 15.7. The minimum absolute atomic E-state index is 0.155. The van der Waals surface area contributed by atoms with Crippen molar-refractivity contribution in [2.45, 2.75) is 20.8 Å². The van der Waals surface area contributed by atoms with Crippen molar-refractivity contribution >= 4 is 17.3 Å². The van der Waals surface area contributed by atoms with Gasteiger partial charge in [0.1, 0.15) is 11.3 Å². The number of carboxylic acid groups (broad SMARTS) is 1. The van der Waals surface area contributed by atoms with E-state index in [-0.39, 0.29) is 22.6 Å². The minimum Gasteiger partial charge on any atom is -0.507 e. The third kappa shape index (κ3) is 4.31. The Morgan fingerprint density at radius 3 is 2.21 bits per heavy atom. The largest absolute Gasteiger partial charge is 0.507 e. The van der Waals surface area contributed by atoms with Crippen molar-refractivity contribution < 1.29 is 15.0 Å². The lowest BCUT2D eigenvalue weighted by Gasteiger charge is -2.05. The SMILES string of the molecule is Cc1ccc(-n2[nH]c(C)c(N=Nc3ccc(-c4ccc(C(=O)O)c(O)c4)cc3)c2=O)cc1C. The maximum atomic E-state index is 12.9. The van der Waals surface area contributed by atoms with Crippen LogP contribution in [0.1, 0.15) is 27.2 Å². The fourth-order valence-corrected chi connectivity index (χ4v) is 3.42. The summed E-state index contributed by atoms with van der Waals surface area (Å²) in [6.07, 6.45) is 0. The van der Waals surface area contributed by atoms with Gasteiger partial charge in [0.2, 0.25) is 0 Å². The van der Waals surface area contributed by atoms with Gasteiger partial charge in [0, 0.05) is 0 Å². The quantitative estimate of drug-likeness (QED) is 0.350. The van der Waals surface area contributed by atoms with Gasteiger partial charge in [-0.3, -0.25) is 9.89 Å². The highest BCUT2D eigenvalue weighted by atomic mass is 16.4. The van der Waals surface area contributed by atoms with Gasteiger partial charge in [0.05, 0.1) is 17.1 Å². The second kappa shape index (κ2) is 8.58. The molecule has 1 heterocycles. The number of benzene rings is 3. The van der Waals surface area contributed by atoms with Crippen LogP contribution in [0.25, 0.3) is 16.8 Å². The van der Waals surface area contributed by atoms with E-state index in [4.69, 9.17) is 5.11 Å². The van der Waals surface area contributed by atoms with Crippen LogP contribution in [-0.4, -0.2) is 26.0 Å². The smallest absolute Gasteiger partial charge is 0.339 e. The number of hydrogen-bond acceptors (Lipinski definition) is 5. The van der Waals surface area contributed by atoms with E-state index in [1.807, 2.05) is 32.0 Å². The van der Waals surface area contributed by atoms with E-state index in [0.29, 0.717) is 16.9 Å². The topological polar surface area (TPSA) is 120 Å². The Balaban J connectivity index is 1.58. The van der Waals surface area contributed by atoms with E-state index < -0.39 is 5.97 Å². The third-order valence-corrected chi connectivity index (χ3v) is 5.48. The van der Waals surface area contributed by atoms with Crippen LogP contribution in [0, 0.1) is 20.8 Å². The van der Waals surface area contributed by atoms with Crippen LogP contribution >= 0.6 is 0 Å². The summed E-state index contributed by atoms with van der Waals surface area (Å²) >= 11 is 0. The Morgan fingerprint density at radius 1 is 0.879 bits per heavy atom. The van der Waals surface area contributed by atoms with Crippen molar-refractivity contribution in [1.29, 1.82) is 0 Å². The molecule has 8 nitrogen and oxygen atoms in total. The second-order valence-corrected chi connectivity index (χ2v) is 7.78. The lowest BCUT2D eigenvalue weighted by Crippen LogP contribution is -2.14. The Morgan fingerprint density at radius 2 is 1.58 bits per heavy atom. The van der Waals surface area contributed by atoms with E-state index in [2.05, 4.69) is 15.3 Å². The minimum atomic E-state index is -1.19. The number of azo groups is 1. The van der Waals surface area contributed by atoms with Crippen LogP contribution in [0.3, 0.4) is 0 Å². The van der Waals surface area contributed by atoms with Gasteiger partial charge in [0.15, 0.2) is 5.69 Å². The first kappa shape index (κ1) is 21.8. The van der Waals surface area contributed by atoms with Crippen LogP contribution < -0.4 is 5.56 Å². The molecule has 0 saturated heterocycles. The number of nitrogens with zero attached hydrogens (tertiary/aromatic N) is 3. The number of aromatic nitrogens is 2. The fourth-order valence-electron chi connectivity index (χ4n) is 3.42. The molecule has 0 bridgehead atoms. The lowest BCUT2D eigenvalue weighted by atomic mass is 10.0. The van der Waals surface area contributed by atoms with E-state index in [1.165, 1.54) is 16.8 Å². The number of aryl methyl sites for hydroxylation is 3. The molecule has 0 radical (unpaired) electrons. The maximum Gasteiger partial charge on any atom is 0.339 e. The summed E-state index contributed by atoms with van der Waals surface area (Å²) in [5, 5.41) is 30.3. The molecular weight excluding hydrogens is 420 g/mol. The van der Waals surface area contributed by atoms with Gasteiger partial charge in [-0.1, -0.05) is 24.3 Å². The van der Waals surface area contributed by atoms with Crippen LogP contribution in [0.15, 0.2) is 75.7 Å². The summed E-state index contributed by atoms with van der Waals surface area (Å²) in [6.45, 7) is 5.77. The molecule has 0 saturated carbocycles. The predicted octanol–water partition coefficient (Wildman–Crippen LogP) is 5.58. The van der Waals surface area contributed by atoms with E-state index in [9.17, 15) is 14.7 Å². The number of H-pyrrole nitrogens is 1. The Bertz CT molecular complexity index is 1450. The molecule has 1 aromatic heterocycles. The molecule has 4 rings (SSSR count). The number of aromatic amines is 1. The monoisotopic (exact) mass is 442 g/mol. The summed E-state index contributed by atoms with van der Waals surface area (Å²) in [5.41, 5.74) is 5.33. The molecule has 0 aliphatic heterocycles. The molecule has 0 fully saturated rings. The molecule has 166 valence electrons. The highest BCUT2D eigenvalue weighted by Crippen LogP contribution is 2.28. The van der Waals surface area contributed by atoms with Gasteiger partial charge in [-0.15, -0.1) is 5.11 Å². The average molecular weight is 442 g/mol. The zero-order chi connectivity index (χ0) is 23.7. The average Bonchev–Trinajstić information content (AvgIpc) is 3.07. The van der Waals surface area contributed by atoms with Gasteiger partial charge in [-0.05, 0) is 79.4 Å². The zero-order valence-electron chi connectivity index (χ0n) is 18.3. The molecule has 3 N–H and O–H groups in total. The summed E-state index contributed by atoms with van der Waals surface area (Å²) in [5.74, 6) is -1.49. The van der Waals surface area contributed by atoms with Crippen molar-refractivity contribution in [2.24, 2.45) is 10.2 Å². The predicted molar refractivity (Wildman–Crippen MR) is 125 cm³/mol. The number of nitrogens with one attached hydrogen (secondary N) is 1. The summed E-state index contributed by atoms with van der Waals surface area (Å²) in [4.78, 5) is 23.9. The normalized spacial score (nSPS) is 11.2. The van der Waals surface area contributed by atoms with Gasteiger partial charge < -0.3 is 10.2 Å². The number of phenols is 1.